The molecule has 1 heterocycles. The normalized spacial score (nSPS) is 11.9. The van der Waals surface area contributed by atoms with E-state index in [4.69, 9.17) is 4.18 Å². The highest BCUT2D eigenvalue weighted by molar-refractivity contribution is 7.78. The Hall–Kier alpha value is -3.11. The Kier molecular flexibility index (Phi) is 4.82. The molecule has 0 amide bonds. The predicted molar refractivity (Wildman–Crippen MR) is 92.9 cm³/mol. The number of aromatic nitrogens is 2. The second-order valence-corrected chi connectivity index (χ2v) is 5.77. The summed E-state index contributed by atoms with van der Waals surface area (Å²) in [5.41, 5.74) is 3.42. The van der Waals surface area contributed by atoms with Crippen LogP contribution in [0.15, 0.2) is 48.5 Å². The van der Waals surface area contributed by atoms with Gasteiger partial charge in [0, 0.05) is 17.5 Å². The van der Waals surface area contributed by atoms with Crippen LogP contribution in [0.1, 0.15) is 5.82 Å². The van der Waals surface area contributed by atoms with Crippen molar-refractivity contribution in [3.63, 3.8) is 0 Å². The van der Waals surface area contributed by atoms with Crippen molar-refractivity contribution in [3.8, 4) is 5.75 Å². The first-order valence-corrected chi connectivity index (χ1v) is 8.20. The van der Waals surface area contributed by atoms with Crippen molar-refractivity contribution in [1.29, 1.82) is 0 Å². The van der Waals surface area contributed by atoms with E-state index in [2.05, 4.69) is 20.2 Å². The molecule has 10 heteroatoms. The average Bonchev–Trinajstić information content (AvgIpc) is 2.60. The molecule has 1 atom stereocenters. The summed E-state index contributed by atoms with van der Waals surface area (Å²) in [5, 5.41) is 11.4. The van der Waals surface area contributed by atoms with Crippen LogP contribution in [-0.2, 0) is 11.3 Å². The highest BCUT2D eigenvalue weighted by Crippen LogP contribution is 2.20. The molecule has 0 aliphatic carbocycles. The number of hydrazine groups is 1. The van der Waals surface area contributed by atoms with Gasteiger partial charge in [-0.2, -0.15) is 4.21 Å². The van der Waals surface area contributed by atoms with E-state index in [9.17, 15) is 14.3 Å². The molecule has 0 saturated heterocycles. The van der Waals surface area contributed by atoms with Crippen molar-refractivity contribution in [3.05, 3.63) is 64.5 Å². The first kappa shape index (κ1) is 16.7. The lowest BCUT2D eigenvalue weighted by atomic mass is 10.2. The van der Waals surface area contributed by atoms with Crippen LogP contribution in [0.4, 0.5) is 11.5 Å². The maximum Gasteiger partial charge on any atom is 0.306 e. The maximum atomic E-state index is 12.0. The molecule has 9 nitrogen and oxygen atoms in total. The van der Waals surface area contributed by atoms with Gasteiger partial charge in [-0.3, -0.25) is 15.5 Å². The summed E-state index contributed by atoms with van der Waals surface area (Å²) in [6.45, 7) is 1.75. The van der Waals surface area contributed by atoms with Gasteiger partial charge in [0.25, 0.3) is 5.69 Å². The minimum absolute atomic E-state index is 0.0767. The molecule has 0 aliphatic rings. The van der Waals surface area contributed by atoms with Crippen molar-refractivity contribution in [2.24, 2.45) is 0 Å². The number of anilines is 1. The fourth-order valence-electron chi connectivity index (χ4n) is 2.11. The zero-order valence-corrected chi connectivity index (χ0v) is 13.8. The molecular formula is C15H13N5O4S. The van der Waals surface area contributed by atoms with E-state index in [1.54, 1.807) is 6.92 Å². The number of nitro groups is 1. The van der Waals surface area contributed by atoms with E-state index in [0.29, 0.717) is 11.6 Å². The zero-order valence-electron chi connectivity index (χ0n) is 13.0. The molecule has 1 unspecified atom stereocenters. The molecule has 0 fully saturated rings. The van der Waals surface area contributed by atoms with Crippen molar-refractivity contribution in [2.75, 3.05) is 5.43 Å². The summed E-state index contributed by atoms with van der Waals surface area (Å²) in [5.74, 6) is 1.25. The number of hydrogen-bond acceptors (Lipinski definition) is 7. The van der Waals surface area contributed by atoms with Crippen LogP contribution >= 0.6 is 0 Å². The lowest BCUT2D eigenvalue weighted by molar-refractivity contribution is -0.384. The van der Waals surface area contributed by atoms with Crippen LogP contribution in [0.3, 0.4) is 0 Å². The fraction of sp³-hybridized carbons (Fsp3) is 0.0667. The largest absolute Gasteiger partial charge is 0.388 e. The monoisotopic (exact) mass is 359 g/mol. The Morgan fingerprint density at radius 1 is 1.12 bits per heavy atom. The Morgan fingerprint density at radius 3 is 2.56 bits per heavy atom. The molecule has 3 aromatic rings. The molecule has 3 rings (SSSR count). The van der Waals surface area contributed by atoms with Crippen LogP contribution in [0.25, 0.3) is 10.9 Å². The van der Waals surface area contributed by atoms with Crippen LogP contribution < -0.4 is 14.4 Å². The SMILES string of the molecule is Cc1nc(NNS(=O)Oc2ccc([N+](=O)[O-])cc2)c2ccccc2n1. The summed E-state index contributed by atoms with van der Waals surface area (Å²) in [7, 11) is 0. The van der Waals surface area contributed by atoms with E-state index in [1.165, 1.54) is 24.3 Å². The first-order chi connectivity index (χ1) is 12.0. The van der Waals surface area contributed by atoms with E-state index in [0.717, 1.165) is 10.9 Å². The molecule has 0 bridgehead atoms. The van der Waals surface area contributed by atoms with Crippen LogP contribution in [0.5, 0.6) is 5.75 Å². The topological polar surface area (TPSA) is 119 Å². The molecule has 1 aromatic heterocycles. The van der Waals surface area contributed by atoms with Crippen LogP contribution in [-0.4, -0.2) is 19.1 Å². The number of para-hydroxylation sites is 1. The number of rotatable bonds is 6. The van der Waals surface area contributed by atoms with Crippen molar-refractivity contribution >= 4 is 33.7 Å². The summed E-state index contributed by atoms with van der Waals surface area (Å²) in [6.07, 6.45) is 0. The highest BCUT2D eigenvalue weighted by Gasteiger charge is 2.09. The Labute approximate surface area is 145 Å². The Balaban J connectivity index is 1.67. The van der Waals surface area contributed by atoms with Gasteiger partial charge in [-0.25, -0.2) is 9.97 Å². The van der Waals surface area contributed by atoms with Gasteiger partial charge in [0.1, 0.15) is 11.6 Å². The second kappa shape index (κ2) is 7.20. The Bertz CT molecular complexity index is 948. The quantitative estimate of drug-likeness (QED) is 0.512. The van der Waals surface area contributed by atoms with Crippen LogP contribution in [0.2, 0.25) is 0 Å². The first-order valence-electron chi connectivity index (χ1n) is 7.12. The molecular weight excluding hydrogens is 346 g/mol. The Morgan fingerprint density at radius 2 is 1.84 bits per heavy atom. The summed E-state index contributed by atoms with van der Waals surface area (Å²) in [4.78, 5) is 21.1. The van der Waals surface area contributed by atoms with Crippen molar-refractivity contribution in [2.45, 2.75) is 6.92 Å². The van der Waals surface area contributed by atoms with Gasteiger partial charge in [-0.05, 0) is 31.2 Å². The lowest BCUT2D eigenvalue weighted by Crippen LogP contribution is -2.28. The molecule has 0 spiro atoms. The molecule has 25 heavy (non-hydrogen) atoms. The highest BCUT2D eigenvalue weighted by atomic mass is 32.2. The lowest BCUT2D eigenvalue weighted by Gasteiger charge is -2.10. The molecule has 2 aromatic carbocycles. The van der Waals surface area contributed by atoms with E-state index in [1.807, 2.05) is 24.3 Å². The van der Waals surface area contributed by atoms with Gasteiger partial charge < -0.3 is 4.18 Å². The third kappa shape index (κ3) is 4.05. The molecule has 0 aliphatic heterocycles. The third-order valence-corrected chi connectivity index (χ3v) is 3.80. The number of fused-ring (bicyclic) bond motifs is 1. The number of nitrogens with one attached hydrogen (secondary N) is 2. The molecule has 0 radical (unpaired) electrons. The van der Waals surface area contributed by atoms with Crippen molar-refractivity contribution in [1.82, 2.24) is 14.8 Å². The van der Waals surface area contributed by atoms with Crippen molar-refractivity contribution < 1.29 is 13.3 Å². The van der Waals surface area contributed by atoms with Gasteiger partial charge in [-0.15, -0.1) is 4.83 Å². The molecule has 0 saturated carbocycles. The number of non-ortho nitro benzene ring substituents is 1. The zero-order chi connectivity index (χ0) is 17.8. The summed E-state index contributed by atoms with van der Waals surface area (Å²) >= 11 is -1.93. The second-order valence-electron chi connectivity index (χ2n) is 4.93. The number of nitro benzene ring substituents is 1. The summed E-state index contributed by atoms with van der Waals surface area (Å²) < 4.78 is 17.1. The minimum Gasteiger partial charge on any atom is -0.388 e. The fourth-order valence-corrected chi connectivity index (χ4v) is 2.62. The standard InChI is InChI=1S/C15H13N5O4S/c1-10-16-14-5-3-2-4-13(14)15(17-10)18-19-25(23)24-12-8-6-11(7-9-12)20(21)22/h2-9,19H,1H3,(H,16,17,18). The van der Waals surface area contributed by atoms with E-state index < -0.39 is 16.2 Å². The third-order valence-electron chi connectivity index (χ3n) is 3.19. The smallest absolute Gasteiger partial charge is 0.306 e. The van der Waals surface area contributed by atoms with Gasteiger partial charge in [-0.1, -0.05) is 12.1 Å². The maximum absolute atomic E-state index is 12.0. The van der Waals surface area contributed by atoms with Gasteiger partial charge in [0.2, 0.25) is 0 Å². The van der Waals surface area contributed by atoms with Gasteiger partial charge >= 0.3 is 11.3 Å². The predicted octanol–water partition coefficient (Wildman–Crippen LogP) is 2.42. The molecule has 2 N–H and O–H groups in total. The van der Waals surface area contributed by atoms with Crippen LogP contribution in [0, 0.1) is 17.0 Å². The molecule has 128 valence electrons. The number of aryl methyl sites for hydroxylation is 1. The average molecular weight is 359 g/mol. The number of hydrogen-bond donors (Lipinski definition) is 2. The van der Waals surface area contributed by atoms with Gasteiger partial charge in [0.05, 0.1) is 10.4 Å². The van der Waals surface area contributed by atoms with Gasteiger partial charge in [0.15, 0.2) is 5.82 Å². The van der Waals surface area contributed by atoms with E-state index >= 15 is 0 Å². The number of nitrogens with zero attached hydrogens (tertiary/aromatic N) is 3. The van der Waals surface area contributed by atoms with E-state index in [-0.39, 0.29) is 11.4 Å². The summed E-state index contributed by atoms with van der Waals surface area (Å²) in [6, 6.07) is 12.6. The number of benzene rings is 2. The minimum atomic E-state index is -1.93.